The van der Waals surface area contributed by atoms with Crippen molar-refractivity contribution in [2.75, 3.05) is 5.32 Å². The zero-order chi connectivity index (χ0) is 16.5. The topological polar surface area (TPSA) is 55.6 Å². The van der Waals surface area contributed by atoms with Crippen LogP contribution < -0.4 is 5.32 Å². The summed E-state index contributed by atoms with van der Waals surface area (Å²) in [6, 6.07) is 4.11. The van der Waals surface area contributed by atoms with Crippen LogP contribution in [0.4, 0.5) is 11.6 Å². The summed E-state index contributed by atoms with van der Waals surface area (Å²) in [6.45, 7) is 2.04. The molecule has 3 aromatic heterocycles. The van der Waals surface area contributed by atoms with E-state index < -0.39 is 0 Å². The highest BCUT2D eigenvalue weighted by atomic mass is 32.2. The van der Waals surface area contributed by atoms with Crippen LogP contribution in [0.15, 0.2) is 22.7 Å². The van der Waals surface area contributed by atoms with E-state index in [0.29, 0.717) is 5.25 Å². The molecule has 24 heavy (non-hydrogen) atoms. The molecule has 1 N–H and O–H groups in total. The number of nitrogens with one attached hydrogen (secondary N) is 1. The van der Waals surface area contributed by atoms with Crippen LogP contribution in [0.3, 0.4) is 0 Å². The summed E-state index contributed by atoms with van der Waals surface area (Å²) in [6.07, 6.45) is 6.58. The molecule has 0 amide bonds. The van der Waals surface area contributed by atoms with Crippen LogP contribution in [0.2, 0.25) is 0 Å². The summed E-state index contributed by atoms with van der Waals surface area (Å²) >= 11 is 3.50. The monoisotopic (exact) mass is 359 g/mol. The third-order valence-electron chi connectivity index (χ3n) is 4.47. The number of thioether (sulfide) groups is 1. The Kier molecular flexibility index (Phi) is 4.45. The Hall–Kier alpha value is -1.60. The van der Waals surface area contributed by atoms with Gasteiger partial charge in [-0.3, -0.25) is 4.68 Å². The van der Waals surface area contributed by atoms with E-state index in [9.17, 15) is 0 Å². The van der Waals surface area contributed by atoms with Crippen LogP contribution in [0.25, 0.3) is 10.2 Å². The molecule has 5 nitrogen and oxygen atoms in total. The number of anilines is 2. The molecule has 1 aliphatic rings. The van der Waals surface area contributed by atoms with Gasteiger partial charge in [0.15, 0.2) is 16.8 Å². The normalized spacial score (nSPS) is 15.9. The van der Waals surface area contributed by atoms with E-state index in [4.69, 9.17) is 9.97 Å². The lowest BCUT2D eigenvalue weighted by atomic mass is 10.0. The number of nitrogens with zero attached hydrogens (tertiary/aromatic N) is 4. The molecule has 0 unspecified atom stereocenters. The largest absolute Gasteiger partial charge is 0.322 e. The van der Waals surface area contributed by atoms with Gasteiger partial charge in [-0.1, -0.05) is 31.0 Å². The number of thiophene rings is 1. The average molecular weight is 360 g/mol. The lowest BCUT2D eigenvalue weighted by Gasteiger charge is -2.20. The standard InChI is InChI=1S/C17H21N5S2/c1-11-10-14(21-22(11)2)19-16-15-13(8-9-23-15)18-17(20-16)24-12-6-4-3-5-7-12/h8-10,12H,3-7H2,1-2H3,(H,18,19,20,21). The summed E-state index contributed by atoms with van der Waals surface area (Å²) in [5, 5.41) is 11.5. The molecule has 0 aliphatic heterocycles. The lowest BCUT2D eigenvalue weighted by Crippen LogP contribution is -2.09. The number of rotatable bonds is 4. The maximum Gasteiger partial charge on any atom is 0.190 e. The van der Waals surface area contributed by atoms with E-state index in [-0.39, 0.29) is 0 Å². The van der Waals surface area contributed by atoms with Crippen molar-refractivity contribution in [3.05, 3.63) is 23.2 Å². The molecule has 0 spiro atoms. The molecule has 1 aliphatic carbocycles. The minimum absolute atomic E-state index is 0.653. The summed E-state index contributed by atoms with van der Waals surface area (Å²) in [4.78, 5) is 9.55. The predicted molar refractivity (Wildman–Crippen MR) is 101 cm³/mol. The van der Waals surface area contributed by atoms with Crippen molar-refractivity contribution in [1.29, 1.82) is 0 Å². The van der Waals surface area contributed by atoms with Crippen LogP contribution >= 0.6 is 23.1 Å². The Balaban J connectivity index is 1.64. The van der Waals surface area contributed by atoms with Crippen molar-refractivity contribution < 1.29 is 0 Å². The predicted octanol–water partition coefficient (Wildman–Crippen LogP) is 4.90. The first-order chi connectivity index (χ1) is 11.7. The highest BCUT2D eigenvalue weighted by Crippen LogP contribution is 2.35. The first kappa shape index (κ1) is 15.9. The van der Waals surface area contributed by atoms with Gasteiger partial charge in [-0.15, -0.1) is 11.3 Å². The first-order valence-electron chi connectivity index (χ1n) is 8.38. The Morgan fingerprint density at radius 3 is 2.83 bits per heavy atom. The van der Waals surface area contributed by atoms with Gasteiger partial charge in [0.2, 0.25) is 0 Å². The van der Waals surface area contributed by atoms with E-state index in [1.54, 1.807) is 11.3 Å². The molecule has 7 heteroatoms. The van der Waals surface area contributed by atoms with Crippen LogP contribution in [0, 0.1) is 6.92 Å². The highest BCUT2D eigenvalue weighted by Gasteiger charge is 2.18. The van der Waals surface area contributed by atoms with E-state index in [1.807, 2.05) is 36.5 Å². The van der Waals surface area contributed by atoms with Crippen LogP contribution in [-0.4, -0.2) is 25.0 Å². The fourth-order valence-electron chi connectivity index (χ4n) is 3.05. The van der Waals surface area contributed by atoms with Gasteiger partial charge in [-0.2, -0.15) is 5.10 Å². The molecule has 0 aromatic carbocycles. The number of aryl methyl sites for hydroxylation is 2. The molecule has 3 heterocycles. The molecule has 126 valence electrons. The van der Waals surface area contributed by atoms with Gasteiger partial charge in [-0.05, 0) is 31.2 Å². The smallest absolute Gasteiger partial charge is 0.190 e. The van der Waals surface area contributed by atoms with Gasteiger partial charge in [0.1, 0.15) is 0 Å². The van der Waals surface area contributed by atoms with Crippen molar-refractivity contribution in [2.45, 2.75) is 49.4 Å². The van der Waals surface area contributed by atoms with Crippen LogP contribution in [0.1, 0.15) is 37.8 Å². The zero-order valence-electron chi connectivity index (χ0n) is 14.0. The fourth-order valence-corrected chi connectivity index (χ4v) is 4.99. The number of aromatic nitrogens is 4. The third kappa shape index (κ3) is 3.28. The molecular formula is C17H21N5S2. The number of hydrogen-bond donors (Lipinski definition) is 1. The van der Waals surface area contributed by atoms with Gasteiger partial charge in [0.25, 0.3) is 0 Å². The van der Waals surface area contributed by atoms with Gasteiger partial charge in [0.05, 0.1) is 10.2 Å². The minimum atomic E-state index is 0.653. The molecule has 1 fully saturated rings. The zero-order valence-corrected chi connectivity index (χ0v) is 15.6. The molecule has 4 rings (SSSR count). The molecule has 0 atom stereocenters. The minimum Gasteiger partial charge on any atom is -0.322 e. The van der Waals surface area contributed by atoms with E-state index >= 15 is 0 Å². The van der Waals surface area contributed by atoms with E-state index in [0.717, 1.165) is 32.7 Å². The van der Waals surface area contributed by atoms with E-state index in [1.165, 1.54) is 32.1 Å². The molecule has 3 aromatic rings. The summed E-state index contributed by atoms with van der Waals surface area (Å²) in [5.74, 6) is 1.70. The number of fused-ring (bicyclic) bond motifs is 1. The SMILES string of the molecule is Cc1cc(Nc2nc(SC3CCCCC3)nc3ccsc23)nn1C. The summed E-state index contributed by atoms with van der Waals surface area (Å²) in [5.41, 5.74) is 2.13. The maximum absolute atomic E-state index is 4.80. The van der Waals surface area contributed by atoms with Gasteiger partial charge in [0, 0.05) is 24.1 Å². The number of hydrogen-bond acceptors (Lipinski definition) is 6. The fraction of sp³-hybridized carbons (Fsp3) is 0.471. The Labute approximate surface area is 149 Å². The van der Waals surface area contributed by atoms with Crippen molar-refractivity contribution in [2.24, 2.45) is 7.05 Å². The average Bonchev–Trinajstić information content (AvgIpc) is 3.15. The lowest BCUT2D eigenvalue weighted by molar-refractivity contribution is 0.515. The highest BCUT2D eigenvalue weighted by molar-refractivity contribution is 7.99. The Morgan fingerprint density at radius 1 is 1.25 bits per heavy atom. The summed E-state index contributed by atoms with van der Waals surface area (Å²) in [7, 11) is 1.95. The van der Waals surface area contributed by atoms with Crippen molar-refractivity contribution in [1.82, 2.24) is 19.7 Å². The van der Waals surface area contributed by atoms with Gasteiger partial charge in [-0.25, -0.2) is 9.97 Å². The second kappa shape index (κ2) is 6.72. The van der Waals surface area contributed by atoms with Crippen molar-refractivity contribution in [3.8, 4) is 0 Å². The third-order valence-corrected chi connectivity index (χ3v) is 6.58. The second-order valence-corrected chi connectivity index (χ2v) is 8.47. The van der Waals surface area contributed by atoms with Gasteiger partial charge >= 0.3 is 0 Å². The Morgan fingerprint density at radius 2 is 2.08 bits per heavy atom. The molecule has 1 saturated carbocycles. The van der Waals surface area contributed by atoms with Gasteiger partial charge < -0.3 is 5.32 Å². The maximum atomic E-state index is 4.80. The Bertz CT molecular complexity index is 828. The molecule has 0 saturated heterocycles. The van der Waals surface area contributed by atoms with Crippen molar-refractivity contribution in [3.63, 3.8) is 0 Å². The first-order valence-corrected chi connectivity index (χ1v) is 10.1. The van der Waals surface area contributed by atoms with Crippen molar-refractivity contribution >= 4 is 45.0 Å². The second-order valence-electron chi connectivity index (χ2n) is 6.29. The van der Waals surface area contributed by atoms with E-state index in [2.05, 4.69) is 21.9 Å². The van der Waals surface area contributed by atoms with Crippen LogP contribution in [-0.2, 0) is 7.05 Å². The summed E-state index contributed by atoms with van der Waals surface area (Å²) < 4.78 is 2.96. The molecule has 0 radical (unpaired) electrons. The molecular weight excluding hydrogens is 338 g/mol. The quantitative estimate of drug-likeness (QED) is 0.671. The molecule has 0 bridgehead atoms. The van der Waals surface area contributed by atoms with Crippen LogP contribution in [0.5, 0.6) is 0 Å².